The van der Waals surface area contributed by atoms with E-state index in [-0.39, 0.29) is 6.04 Å². The monoisotopic (exact) mass is 203 g/mol. The van der Waals surface area contributed by atoms with Gasteiger partial charge in [0.1, 0.15) is 11.9 Å². The van der Waals surface area contributed by atoms with Gasteiger partial charge in [0, 0.05) is 25.6 Å². The molecule has 2 heterocycles. The first-order valence-electron chi connectivity index (χ1n) is 4.70. The van der Waals surface area contributed by atoms with E-state index in [4.69, 9.17) is 5.73 Å². The van der Waals surface area contributed by atoms with Crippen molar-refractivity contribution in [2.24, 2.45) is 12.8 Å². The number of rotatable bonds is 2. The van der Waals surface area contributed by atoms with Crippen LogP contribution in [0.5, 0.6) is 0 Å². The van der Waals surface area contributed by atoms with E-state index in [1.165, 1.54) is 0 Å². The van der Waals surface area contributed by atoms with Crippen LogP contribution in [0.3, 0.4) is 0 Å². The molecule has 0 aliphatic rings. The van der Waals surface area contributed by atoms with Gasteiger partial charge in [0.05, 0.1) is 17.6 Å². The summed E-state index contributed by atoms with van der Waals surface area (Å²) in [5, 5.41) is 0. The van der Waals surface area contributed by atoms with Crippen molar-refractivity contribution in [3.05, 3.63) is 42.0 Å². The normalized spacial score (nSPS) is 12.7. The van der Waals surface area contributed by atoms with Gasteiger partial charge in [0.15, 0.2) is 0 Å². The summed E-state index contributed by atoms with van der Waals surface area (Å²) < 4.78 is 1.88. The van der Waals surface area contributed by atoms with E-state index in [2.05, 4.69) is 15.0 Å². The zero-order chi connectivity index (χ0) is 10.8. The van der Waals surface area contributed by atoms with Gasteiger partial charge in [-0.25, -0.2) is 4.98 Å². The number of aryl methyl sites for hydroxylation is 2. The summed E-state index contributed by atoms with van der Waals surface area (Å²) in [4.78, 5) is 12.6. The first kappa shape index (κ1) is 9.79. The maximum absolute atomic E-state index is 6.03. The molecule has 0 aliphatic heterocycles. The Balaban J connectivity index is 2.32. The van der Waals surface area contributed by atoms with Crippen molar-refractivity contribution in [3.63, 3.8) is 0 Å². The van der Waals surface area contributed by atoms with Gasteiger partial charge in [0.25, 0.3) is 0 Å². The molecule has 0 aliphatic carbocycles. The van der Waals surface area contributed by atoms with E-state index in [1.54, 1.807) is 18.6 Å². The van der Waals surface area contributed by atoms with Crippen molar-refractivity contribution < 1.29 is 0 Å². The number of imidazole rings is 1. The predicted octanol–water partition coefficient (Wildman–Crippen LogP) is 0.567. The van der Waals surface area contributed by atoms with E-state index in [9.17, 15) is 0 Å². The van der Waals surface area contributed by atoms with Crippen LogP contribution in [-0.2, 0) is 7.05 Å². The first-order chi connectivity index (χ1) is 7.18. The van der Waals surface area contributed by atoms with Crippen LogP contribution in [0.1, 0.15) is 23.3 Å². The Morgan fingerprint density at radius 2 is 2.07 bits per heavy atom. The number of nitrogens with zero attached hydrogens (tertiary/aromatic N) is 4. The molecular weight excluding hydrogens is 190 g/mol. The van der Waals surface area contributed by atoms with E-state index >= 15 is 0 Å². The van der Waals surface area contributed by atoms with Crippen LogP contribution >= 0.6 is 0 Å². The Morgan fingerprint density at radius 1 is 1.27 bits per heavy atom. The average Bonchev–Trinajstić information content (AvgIpc) is 2.65. The van der Waals surface area contributed by atoms with E-state index in [0.29, 0.717) is 0 Å². The van der Waals surface area contributed by atoms with Gasteiger partial charge in [-0.3, -0.25) is 9.97 Å². The highest BCUT2D eigenvalue weighted by Crippen LogP contribution is 2.13. The van der Waals surface area contributed by atoms with Crippen molar-refractivity contribution in [1.29, 1.82) is 0 Å². The molecule has 2 N–H and O–H groups in total. The minimum Gasteiger partial charge on any atom is -0.336 e. The third-order valence-electron chi connectivity index (χ3n) is 2.26. The first-order valence-corrected chi connectivity index (χ1v) is 4.70. The van der Waals surface area contributed by atoms with Gasteiger partial charge in [-0.05, 0) is 6.92 Å². The Morgan fingerprint density at radius 3 is 2.60 bits per heavy atom. The summed E-state index contributed by atoms with van der Waals surface area (Å²) in [7, 11) is 1.91. The van der Waals surface area contributed by atoms with Gasteiger partial charge in [0.2, 0.25) is 0 Å². The Hall–Kier alpha value is -1.75. The summed E-state index contributed by atoms with van der Waals surface area (Å²) in [5.74, 6) is 0.785. The molecule has 2 aromatic heterocycles. The number of hydrogen-bond acceptors (Lipinski definition) is 4. The largest absolute Gasteiger partial charge is 0.336 e. The summed E-state index contributed by atoms with van der Waals surface area (Å²) in [6.07, 6.45) is 6.97. The van der Waals surface area contributed by atoms with Crippen LogP contribution in [0, 0.1) is 6.92 Å². The summed E-state index contributed by atoms with van der Waals surface area (Å²) >= 11 is 0. The van der Waals surface area contributed by atoms with Crippen LogP contribution in [0.25, 0.3) is 0 Å². The fraction of sp³-hybridized carbons (Fsp3) is 0.300. The highest BCUT2D eigenvalue weighted by Gasteiger charge is 2.14. The molecule has 2 rings (SSSR count). The Bertz CT molecular complexity index is 445. The van der Waals surface area contributed by atoms with Gasteiger partial charge in [-0.1, -0.05) is 0 Å². The molecule has 0 bridgehead atoms. The summed E-state index contributed by atoms with van der Waals surface area (Å²) in [6.45, 7) is 1.89. The molecule has 0 aromatic carbocycles. The molecule has 5 heteroatoms. The van der Waals surface area contributed by atoms with Crippen LogP contribution < -0.4 is 5.73 Å². The smallest absolute Gasteiger partial charge is 0.131 e. The van der Waals surface area contributed by atoms with Crippen molar-refractivity contribution >= 4 is 0 Å². The van der Waals surface area contributed by atoms with Crippen LogP contribution in [-0.4, -0.2) is 19.5 Å². The predicted molar refractivity (Wildman–Crippen MR) is 56.0 cm³/mol. The maximum atomic E-state index is 6.03. The molecule has 0 saturated carbocycles. The van der Waals surface area contributed by atoms with E-state index in [0.717, 1.165) is 17.2 Å². The zero-order valence-corrected chi connectivity index (χ0v) is 8.75. The fourth-order valence-corrected chi connectivity index (χ4v) is 1.37. The molecule has 0 fully saturated rings. The van der Waals surface area contributed by atoms with Crippen molar-refractivity contribution in [3.8, 4) is 0 Å². The topological polar surface area (TPSA) is 69.6 Å². The van der Waals surface area contributed by atoms with Gasteiger partial charge < -0.3 is 10.3 Å². The van der Waals surface area contributed by atoms with Crippen molar-refractivity contribution in [2.45, 2.75) is 13.0 Å². The van der Waals surface area contributed by atoms with Crippen molar-refractivity contribution in [1.82, 2.24) is 19.5 Å². The fourth-order valence-electron chi connectivity index (χ4n) is 1.37. The molecule has 0 radical (unpaired) electrons. The lowest BCUT2D eigenvalue weighted by Crippen LogP contribution is -2.18. The minimum absolute atomic E-state index is 0.321. The molecule has 2 aromatic rings. The molecule has 5 nitrogen and oxygen atoms in total. The van der Waals surface area contributed by atoms with Gasteiger partial charge >= 0.3 is 0 Å². The molecule has 78 valence electrons. The average molecular weight is 203 g/mol. The number of aromatic nitrogens is 4. The quantitative estimate of drug-likeness (QED) is 0.774. The lowest BCUT2D eigenvalue weighted by molar-refractivity contribution is 0.695. The van der Waals surface area contributed by atoms with Gasteiger partial charge in [-0.15, -0.1) is 0 Å². The lowest BCUT2D eigenvalue weighted by Gasteiger charge is -2.10. The zero-order valence-electron chi connectivity index (χ0n) is 8.75. The molecule has 0 spiro atoms. The second-order valence-corrected chi connectivity index (χ2v) is 3.46. The Kier molecular flexibility index (Phi) is 2.47. The maximum Gasteiger partial charge on any atom is 0.131 e. The molecular formula is C10H13N5. The number of nitrogens with two attached hydrogens (primary N) is 1. The van der Waals surface area contributed by atoms with Crippen molar-refractivity contribution in [2.75, 3.05) is 0 Å². The highest BCUT2D eigenvalue weighted by atomic mass is 15.1. The standard InChI is InChI=1S/C10H13N5/c1-7-5-14-8(6-13-7)9(11)10-12-3-4-15(10)2/h3-6,9H,11H2,1-2H3. The van der Waals surface area contributed by atoms with Gasteiger partial charge in [-0.2, -0.15) is 0 Å². The second-order valence-electron chi connectivity index (χ2n) is 3.46. The lowest BCUT2D eigenvalue weighted by atomic mass is 10.2. The van der Waals surface area contributed by atoms with E-state index < -0.39 is 0 Å². The van der Waals surface area contributed by atoms with Crippen LogP contribution in [0.4, 0.5) is 0 Å². The summed E-state index contributed by atoms with van der Waals surface area (Å²) in [6, 6.07) is -0.321. The van der Waals surface area contributed by atoms with Crippen LogP contribution in [0.2, 0.25) is 0 Å². The summed E-state index contributed by atoms with van der Waals surface area (Å²) in [5.41, 5.74) is 7.64. The third-order valence-corrected chi connectivity index (χ3v) is 2.26. The Labute approximate surface area is 88.0 Å². The molecule has 15 heavy (non-hydrogen) atoms. The molecule has 0 amide bonds. The molecule has 1 unspecified atom stereocenters. The SMILES string of the molecule is Cc1cnc(C(N)c2nccn2C)cn1. The second kappa shape index (κ2) is 3.78. The van der Waals surface area contributed by atoms with E-state index in [1.807, 2.05) is 24.7 Å². The van der Waals surface area contributed by atoms with Crippen LogP contribution in [0.15, 0.2) is 24.8 Å². The third kappa shape index (κ3) is 1.87. The molecule has 0 saturated heterocycles. The minimum atomic E-state index is -0.321. The molecule has 1 atom stereocenters. The highest BCUT2D eigenvalue weighted by molar-refractivity contribution is 5.15. The number of hydrogen-bond donors (Lipinski definition) is 1.